The molecule has 0 saturated carbocycles. The molecule has 2 aromatic rings. The van der Waals surface area contributed by atoms with E-state index < -0.39 is 0 Å². The number of amides is 2. The van der Waals surface area contributed by atoms with E-state index >= 15 is 0 Å². The molecule has 0 aliphatic carbocycles. The van der Waals surface area contributed by atoms with Crippen LogP contribution in [0.2, 0.25) is 0 Å². The van der Waals surface area contributed by atoms with Crippen LogP contribution in [0.25, 0.3) is 6.08 Å². The molecule has 0 aromatic carbocycles. The molecular weight excluding hydrogens is 416 g/mol. The molecule has 4 rings (SSSR count). The Bertz CT molecular complexity index is 986. The van der Waals surface area contributed by atoms with Gasteiger partial charge in [0.15, 0.2) is 0 Å². The number of hydrogen-bond acceptors (Lipinski definition) is 5. The van der Waals surface area contributed by atoms with Crippen molar-refractivity contribution in [3.8, 4) is 0 Å². The largest absolute Gasteiger partial charge is 0.351 e. The molecule has 0 N–H and O–H groups in total. The Morgan fingerprint density at radius 2 is 2.20 bits per heavy atom. The minimum absolute atomic E-state index is 0.0587. The van der Waals surface area contributed by atoms with E-state index in [0.717, 1.165) is 37.1 Å². The van der Waals surface area contributed by atoms with Crippen molar-refractivity contribution in [2.45, 2.75) is 31.7 Å². The number of piperidine rings is 1. The van der Waals surface area contributed by atoms with Gasteiger partial charge in [-0.15, -0.1) is 0 Å². The lowest BCUT2D eigenvalue weighted by Crippen LogP contribution is -2.40. The maximum atomic E-state index is 13.0. The smallest absolute Gasteiger partial charge is 0.266 e. The van der Waals surface area contributed by atoms with Crippen molar-refractivity contribution in [3.63, 3.8) is 0 Å². The molecule has 2 aromatic heterocycles. The molecule has 2 aliphatic heterocycles. The molecule has 2 amide bonds. The Labute approximate surface area is 185 Å². The lowest BCUT2D eigenvalue weighted by atomic mass is 9.96. The number of thiocarbonyl (C=S) groups is 1. The summed E-state index contributed by atoms with van der Waals surface area (Å²) in [5.74, 6) is -0.0644. The van der Waals surface area contributed by atoms with Gasteiger partial charge in [0.1, 0.15) is 4.32 Å². The van der Waals surface area contributed by atoms with E-state index in [1.165, 1.54) is 11.8 Å². The predicted octanol–water partition coefficient (Wildman–Crippen LogP) is 3.77. The van der Waals surface area contributed by atoms with Crippen LogP contribution in [-0.4, -0.2) is 48.6 Å². The first-order valence-electron chi connectivity index (χ1n) is 10.1. The second-order valence-corrected chi connectivity index (χ2v) is 9.19. The van der Waals surface area contributed by atoms with E-state index in [2.05, 4.69) is 4.98 Å². The third-order valence-corrected chi connectivity index (χ3v) is 6.96. The Morgan fingerprint density at radius 1 is 1.33 bits per heavy atom. The number of pyridine rings is 1. The number of aryl methyl sites for hydroxylation is 1. The Kier molecular flexibility index (Phi) is 6.34. The number of likely N-dealkylation sites (tertiary alicyclic amines) is 1. The van der Waals surface area contributed by atoms with Gasteiger partial charge in [0.25, 0.3) is 5.91 Å². The number of carbonyl (C=O) groups is 2. The average molecular weight is 441 g/mol. The van der Waals surface area contributed by atoms with Gasteiger partial charge in [-0.05, 0) is 49.1 Å². The average Bonchev–Trinajstić information content (AvgIpc) is 3.29. The number of aromatic nitrogens is 2. The molecule has 2 fully saturated rings. The number of carbonyl (C=O) groups excluding carboxylic acids is 2. The minimum atomic E-state index is -0.124. The molecular formula is C22H24N4O2S2. The van der Waals surface area contributed by atoms with Gasteiger partial charge in [-0.1, -0.05) is 30.0 Å². The summed E-state index contributed by atoms with van der Waals surface area (Å²) in [6.45, 7) is 1.05. The van der Waals surface area contributed by atoms with Crippen molar-refractivity contribution in [2.24, 2.45) is 7.05 Å². The van der Waals surface area contributed by atoms with Crippen molar-refractivity contribution in [1.82, 2.24) is 19.4 Å². The summed E-state index contributed by atoms with van der Waals surface area (Å²) in [7, 11) is 1.93. The van der Waals surface area contributed by atoms with Crippen molar-refractivity contribution in [2.75, 3.05) is 13.1 Å². The molecule has 30 heavy (non-hydrogen) atoms. The van der Waals surface area contributed by atoms with Crippen molar-refractivity contribution in [3.05, 3.63) is 59.0 Å². The van der Waals surface area contributed by atoms with Crippen LogP contribution in [0.5, 0.6) is 0 Å². The highest BCUT2D eigenvalue weighted by Gasteiger charge is 2.34. The highest BCUT2D eigenvalue weighted by molar-refractivity contribution is 8.26. The predicted molar refractivity (Wildman–Crippen MR) is 122 cm³/mol. The van der Waals surface area contributed by atoms with Crippen molar-refractivity contribution >= 4 is 46.2 Å². The van der Waals surface area contributed by atoms with E-state index in [1.807, 2.05) is 59.2 Å². The summed E-state index contributed by atoms with van der Waals surface area (Å²) < 4.78 is 2.46. The standard InChI is InChI=1S/C22H24N4O2S2/c1-24-11-5-7-17(24)14-19-21(28)26(22(29)30-19)13-9-20(27)25-12-3-2-8-18(25)16-6-4-10-23-15-16/h4-7,10-11,14-15,18H,2-3,8-9,12-13H2,1H3. The molecule has 0 spiro atoms. The number of nitrogens with zero attached hydrogens (tertiary/aromatic N) is 4. The van der Waals surface area contributed by atoms with E-state index in [9.17, 15) is 9.59 Å². The molecule has 4 heterocycles. The summed E-state index contributed by atoms with van der Waals surface area (Å²) in [5.41, 5.74) is 2.01. The zero-order valence-corrected chi connectivity index (χ0v) is 18.5. The van der Waals surface area contributed by atoms with Gasteiger partial charge in [-0.2, -0.15) is 0 Å². The van der Waals surface area contributed by atoms with E-state index in [1.54, 1.807) is 11.1 Å². The zero-order valence-electron chi connectivity index (χ0n) is 16.9. The zero-order chi connectivity index (χ0) is 21.1. The van der Waals surface area contributed by atoms with Crippen LogP contribution < -0.4 is 0 Å². The van der Waals surface area contributed by atoms with Crippen LogP contribution in [0.1, 0.15) is 43.0 Å². The lowest BCUT2D eigenvalue weighted by molar-refractivity contribution is -0.135. The summed E-state index contributed by atoms with van der Waals surface area (Å²) in [6.07, 6.45) is 10.7. The molecule has 0 radical (unpaired) electrons. The van der Waals surface area contributed by atoms with E-state index in [4.69, 9.17) is 12.2 Å². The number of thioether (sulfide) groups is 1. The van der Waals surface area contributed by atoms with Crippen LogP contribution in [0.15, 0.2) is 47.8 Å². The molecule has 1 unspecified atom stereocenters. The van der Waals surface area contributed by atoms with Gasteiger partial charge in [0.2, 0.25) is 5.91 Å². The topological polar surface area (TPSA) is 58.4 Å². The van der Waals surface area contributed by atoms with Crippen LogP contribution in [0, 0.1) is 0 Å². The minimum Gasteiger partial charge on any atom is -0.351 e. The molecule has 156 valence electrons. The summed E-state index contributed by atoms with van der Waals surface area (Å²) in [5, 5.41) is 0. The second-order valence-electron chi connectivity index (χ2n) is 7.51. The van der Waals surface area contributed by atoms with Crippen LogP contribution >= 0.6 is 24.0 Å². The maximum absolute atomic E-state index is 13.0. The molecule has 1 atom stereocenters. The van der Waals surface area contributed by atoms with E-state index in [-0.39, 0.29) is 24.3 Å². The van der Waals surface area contributed by atoms with E-state index in [0.29, 0.717) is 15.8 Å². The quantitative estimate of drug-likeness (QED) is 0.523. The Hall–Kier alpha value is -2.45. The van der Waals surface area contributed by atoms with Gasteiger partial charge in [0.05, 0.1) is 10.9 Å². The fourth-order valence-corrected chi connectivity index (χ4v) is 5.25. The monoisotopic (exact) mass is 440 g/mol. The van der Waals surface area contributed by atoms with Crippen molar-refractivity contribution < 1.29 is 9.59 Å². The van der Waals surface area contributed by atoms with Gasteiger partial charge in [-0.25, -0.2) is 0 Å². The van der Waals surface area contributed by atoms with Gasteiger partial charge < -0.3 is 9.47 Å². The van der Waals surface area contributed by atoms with Crippen LogP contribution in [-0.2, 0) is 16.6 Å². The first-order valence-corrected chi connectivity index (χ1v) is 11.3. The van der Waals surface area contributed by atoms with Gasteiger partial charge in [0, 0.05) is 50.8 Å². The van der Waals surface area contributed by atoms with Crippen LogP contribution in [0.3, 0.4) is 0 Å². The SMILES string of the molecule is Cn1cccc1C=C1SC(=S)N(CCC(=O)N2CCCCC2c2cccnc2)C1=O. The molecule has 2 saturated heterocycles. The Balaban J connectivity index is 1.42. The lowest BCUT2D eigenvalue weighted by Gasteiger charge is -2.36. The summed E-state index contributed by atoms with van der Waals surface area (Å²) in [6, 6.07) is 7.88. The highest BCUT2D eigenvalue weighted by Crippen LogP contribution is 2.34. The fraction of sp³-hybridized carbons (Fsp3) is 0.364. The molecule has 8 heteroatoms. The Morgan fingerprint density at radius 3 is 2.93 bits per heavy atom. The highest BCUT2D eigenvalue weighted by atomic mass is 32.2. The van der Waals surface area contributed by atoms with Crippen molar-refractivity contribution in [1.29, 1.82) is 0 Å². The normalized spacial score (nSPS) is 21.0. The summed E-state index contributed by atoms with van der Waals surface area (Å²) in [4.78, 5) is 34.2. The van der Waals surface area contributed by atoms with Gasteiger partial charge >= 0.3 is 0 Å². The first kappa shape index (κ1) is 20.8. The summed E-state index contributed by atoms with van der Waals surface area (Å²) >= 11 is 6.71. The molecule has 0 bridgehead atoms. The van der Waals surface area contributed by atoms with Crippen LogP contribution in [0.4, 0.5) is 0 Å². The number of rotatable bonds is 5. The second kappa shape index (κ2) is 9.14. The number of hydrogen-bond donors (Lipinski definition) is 0. The maximum Gasteiger partial charge on any atom is 0.266 e. The van der Waals surface area contributed by atoms with Gasteiger partial charge in [-0.3, -0.25) is 19.5 Å². The fourth-order valence-electron chi connectivity index (χ4n) is 3.95. The molecule has 6 nitrogen and oxygen atoms in total. The third-order valence-electron chi connectivity index (χ3n) is 5.58. The first-order chi connectivity index (χ1) is 14.5. The molecule has 2 aliphatic rings. The third kappa shape index (κ3) is 4.34.